The lowest BCUT2D eigenvalue weighted by Crippen LogP contribution is -2.22. The highest BCUT2D eigenvalue weighted by Crippen LogP contribution is 2.41. The van der Waals surface area contributed by atoms with E-state index in [1.54, 1.807) is 50.2 Å². The summed E-state index contributed by atoms with van der Waals surface area (Å²) in [5, 5.41) is 0. The van der Waals surface area contributed by atoms with Gasteiger partial charge in [-0.05, 0) is 84.3 Å². The molecule has 0 N–H and O–H groups in total. The predicted octanol–water partition coefficient (Wildman–Crippen LogP) is 8.86. The Morgan fingerprint density at radius 1 is 0.559 bits per heavy atom. The van der Waals surface area contributed by atoms with Gasteiger partial charge in [0.15, 0.2) is 0 Å². The van der Waals surface area contributed by atoms with E-state index in [9.17, 15) is 17.6 Å². The van der Waals surface area contributed by atoms with E-state index in [0.717, 1.165) is 0 Å². The van der Waals surface area contributed by atoms with Crippen molar-refractivity contribution in [3.63, 3.8) is 0 Å². The molecule has 2 unspecified atom stereocenters. The van der Waals surface area contributed by atoms with Crippen molar-refractivity contribution in [2.24, 2.45) is 0 Å². The van der Waals surface area contributed by atoms with Crippen LogP contribution in [0.3, 0.4) is 0 Å². The highest BCUT2D eigenvalue weighted by molar-refractivity contribution is 6.14. The lowest BCUT2D eigenvalue weighted by atomic mass is 9.92. The topological polar surface area (TPSA) is 3.24 Å². The molecule has 0 bridgehead atoms. The first-order valence-electron chi connectivity index (χ1n) is 10.8. The minimum Gasteiger partial charge on any atom is -0.207 e. The molecule has 174 valence electrons. The minimum atomic E-state index is -0.598. The van der Waals surface area contributed by atoms with Crippen LogP contribution in [0, 0.1) is 23.3 Å². The van der Waals surface area contributed by atoms with Crippen LogP contribution < -0.4 is 0 Å². The average molecular weight is 484 g/mol. The lowest BCUT2D eigenvalue weighted by molar-refractivity contribution is 0.297. The van der Waals surface area contributed by atoms with Crippen LogP contribution in [0.25, 0.3) is 22.3 Å². The third-order valence-corrected chi connectivity index (χ3v) is 6.58. The van der Waals surface area contributed by atoms with Crippen LogP contribution in [0.4, 0.5) is 17.6 Å². The Morgan fingerprint density at radius 2 is 0.941 bits per heavy atom. The van der Waals surface area contributed by atoms with E-state index in [-0.39, 0.29) is 0 Å². The molecule has 0 radical (unpaired) electrons. The Bertz CT molecular complexity index is 1220. The summed E-state index contributed by atoms with van der Waals surface area (Å²) in [6, 6.07) is 19.5. The van der Waals surface area contributed by atoms with Crippen molar-refractivity contribution in [3.8, 4) is 22.3 Å². The van der Waals surface area contributed by atoms with Gasteiger partial charge in [-0.1, -0.05) is 48.5 Å². The van der Waals surface area contributed by atoms with E-state index in [1.807, 2.05) is 0 Å². The zero-order valence-electron chi connectivity index (χ0n) is 18.6. The molecule has 2 atom stereocenters. The van der Waals surface area contributed by atoms with Gasteiger partial charge in [-0.3, -0.25) is 0 Å². The summed E-state index contributed by atoms with van der Waals surface area (Å²) in [6.07, 6.45) is 0. The first-order chi connectivity index (χ1) is 16.3. The minimum absolute atomic E-state index is 0.319. The van der Waals surface area contributed by atoms with Gasteiger partial charge in [0.1, 0.15) is 23.3 Å². The van der Waals surface area contributed by atoms with Crippen LogP contribution >= 0.6 is 11.8 Å². The van der Waals surface area contributed by atoms with Gasteiger partial charge >= 0.3 is 0 Å². The molecule has 34 heavy (non-hydrogen) atoms. The normalized spacial score (nSPS) is 13.2. The number of benzene rings is 4. The fraction of sp³-hybridized carbons (Fsp3) is 0.143. The first-order valence-corrected chi connectivity index (χ1v) is 11.1. The fourth-order valence-electron chi connectivity index (χ4n) is 4.21. The van der Waals surface area contributed by atoms with Crippen molar-refractivity contribution >= 4 is 11.8 Å². The summed E-state index contributed by atoms with van der Waals surface area (Å²) < 4.78 is 59.0. The first kappa shape index (κ1) is 24.0. The number of halogens is 5. The van der Waals surface area contributed by atoms with Crippen molar-refractivity contribution in [1.82, 2.24) is 4.42 Å². The van der Waals surface area contributed by atoms with Gasteiger partial charge in [-0.25, -0.2) is 22.0 Å². The van der Waals surface area contributed by atoms with Crippen LogP contribution in [0.15, 0.2) is 84.9 Å². The highest BCUT2D eigenvalue weighted by Gasteiger charge is 2.27. The fourth-order valence-corrected chi connectivity index (χ4v) is 4.42. The van der Waals surface area contributed by atoms with Crippen LogP contribution in [0.1, 0.15) is 37.1 Å². The quantitative estimate of drug-likeness (QED) is 0.195. The van der Waals surface area contributed by atoms with E-state index in [2.05, 4.69) is 0 Å². The number of hydrogen-bond donors (Lipinski definition) is 0. The smallest absolute Gasteiger partial charge is 0.131 e. The maximum Gasteiger partial charge on any atom is 0.131 e. The van der Waals surface area contributed by atoms with Crippen LogP contribution in [0.5, 0.6) is 0 Å². The monoisotopic (exact) mass is 483 g/mol. The van der Waals surface area contributed by atoms with Gasteiger partial charge in [0.2, 0.25) is 0 Å². The van der Waals surface area contributed by atoms with Gasteiger partial charge in [0.25, 0.3) is 0 Å². The summed E-state index contributed by atoms with van der Waals surface area (Å²) >= 11 is 6.75. The van der Waals surface area contributed by atoms with E-state index in [0.29, 0.717) is 33.4 Å². The van der Waals surface area contributed by atoms with Crippen molar-refractivity contribution < 1.29 is 17.6 Å². The molecule has 4 aromatic rings. The molecule has 0 fully saturated rings. The summed E-state index contributed by atoms with van der Waals surface area (Å²) in [7, 11) is 0. The van der Waals surface area contributed by atoms with Gasteiger partial charge in [-0.15, -0.1) is 0 Å². The Hall–Kier alpha value is -3.15. The zero-order valence-corrected chi connectivity index (χ0v) is 19.3. The summed E-state index contributed by atoms with van der Waals surface area (Å²) in [5.74, 6) is -1.86. The molecule has 0 amide bonds. The molecule has 0 aliphatic rings. The van der Waals surface area contributed by atoms with E-state index < -0.39 is 35.4 Å². The van der Waals surface area contributed by atoms with E-state index >= 15 is 0 Å². The number of rotatable bonds is 6. The molecule has 0 aliphatic carbocycles. The van der Waals surface area contributed by atoms with Crippen LogP contribution in [-0.2, 0) is 0 Å². The largest absolute Gasteiger partial charge is 0.207 e. The van der Waals surface area contributed by atoms with Gasteiger partial charge in [0, 0.05) is 23.2 Å². The Kier molecular flexibility index (Phi) is 7.05. The molecule has 0 saturated carbocycles. The molecule has 4 rings (SSSR count). The molecule has 0 saturated heterocycles. The maximum absolute atomic E-state index is 14.5. The van der Waals surface area contributed by atoms with Crippen molar-refractivity contribution in [1.29, 1.82) is 0 Å². The standard InChI is InChI=1S/C28H22ClF4N/c1-17(25-15-19(30)11-13-21(25)23-7-3-5-9-27(23)32)34(29)18(2)26-16-20(31)12-14-22(26)24-8-4-6-10-28(24)33/h3-18H,1-2H3. The summed E-state index contributed by atoms with van der Waals surface area (Å²) in [4.78, 5) is 0. The highest BCUT2D eigenvalue weighted by atomic mass is 35.5. The Labute approximate surface area is 201 Å². The molecule has 0 aliphatic heterocycles. The summed E-state index contributed by atoms with van der Waals surface area (Å²) in [6.45, 7) is 3.51. The van der Waals surface area contributed by atoms with Crippen LogP contribution in [-0.4, -0.2) is 4.42 Å². The predicted molar refractivity (Wildman–Crippen MR) is 128 cm³/mol. The zero-order chi connectivity index (χ0) is 24.4. The molecule has 1 nitrogen and oxygen atoms in total. The van der Waals surface area contributed by atoms with Gasteiger partial charge < -0.3 is 0 Å². The Morgan fingerprint density at radius 3 is 1.32 bits per heavy atom. The van der Waals surface area contributed by atoms with Crippen molar-refractivity contribution in [2.75, 3.05) is 0 Å². The number of hydrogen-bond acceptors (Lipinski definition) is 1. The molecule has 0 heterocycles. The molecule has 4 aromatic carbocycles. The van der Waals surface area contributed by atoms with E-state index in [1.165, 1.54) is 52.9 Å². The van der Waals surface area contributed by atoms with Crippen molar-refractivity contribution in [2.45, 2.75) is 25.9 Å². The lowest BCUT2D eigenvalue weighted by Gasteiger charge is -2.31. The molecule has 0 aromatic heterocycles. The maximum atomic E-state index is 14.5. The van der Waals surface area contributed by atoms with Gasteiger partial charge in [-0.2, -0.15) is 0 Å². The average Bonchev–Trinajstić information content (AvgIpc) is 2.83. The summed E-state index contributed by atoms with van der Waals surface area (Å²) in [5.41, 5.74) is 2.57. The molecule has 0 spiro atoms. The van der Waals surface area contributed by atoms with E-state index in [4.69, 9.17) is 11.8 Å². The van der Waals surface area contributed by atoms with Crippen LogP contribution in [0.2, 0.25) is 0 Å². The second-order valence-electron chi connectivity index (χ2n) is 8.12. The third kappa shape index (κ3) is 4.72. The molecule has 6 heteroatoms. The van der Waals surface area contributed by atoms with Gasteiger partial charge in [0.05, 0.1) is 0 Å². The molecular weight excluding hydrogens is 462 g/mol. The SMILES string of the molecule is CC(c1cc(F)ccc1-c1ccccc1F)N(Cl)C(C)c1cc(F)ccc1-c1ccccc1F. The second kappa shape index (κ2) is 10.00. The second-order valence-corrected chi connectivity index (χ2v) is 8.51. The molecular formula is C28H22ClF4N. The third-order valence-electron chi connectivity index (χ3n) is 6.00. The van der Waals surface area contributed by atoms with Crippen molar-refractivity contribution in [3.05, 3.63) is 119 Å². The number of nitrogens with zero attached hydrogens (tertiary/aromatic N) is 1. The Balaban J connectivity index is 1.77.